The van der Waals surface area contributed by atoms with Crippen molar-refractivity contribution in [2.24, 2.45) is 0 Å². The van der Waals surface area contributed by atoms with Gasteiger partial charge < -0.3 is 5.32 Å². The highest BCUT2D eigenvalue weighted by Crippen LogP contribution is 2.31. The lowest BCUT2D eigenvalue weighted by Crippen LogP contribution is -2.30. The summed E-state index contributed by atoms with van der Waals surface area (Å²) in [5.41, 5.74) is 0.868. The second kappa shape index (κ2) is 10.0. The van der Waals surface area contributed by atoms with Gasteiger partial charge in [0.1, 0.15) is 5.82 Å². The average molecular weight is 386 g/mol. The Hall–Kier alpha value is -1.12. The molecule has 130 valence electrons. The predicted octanol–water partition coefficient (Wildman–Crippen LogP) is 4.37. The van der Waals surface area contributed by atoms with Crippen LogP contribution in [0, 0.1) is 5.82 Å². The molecule has 0 aliphatic carbocycles. The van der Waals surface area contributed by atoms with Gasteiger partial charge in [-0.3, -0.25) is 4.79 Å². The third-order valence-corrected chi connectivity index (χ3v) is 6.47. The molecule has 0 aliphatic heterocycles. The topological polar surface area (TPSA) is 54.9 Å². The Bertz CT molecular complexity index is 648. The Morgan fingerprint density at radius 1 is 1.29 bits per heavy atom. The van der Waals surface area contributed by atoms with Crippen molar-refractivity contribution in [3.63, 3.8) is 0 Å². The van der Waals surface area contributed by atoms with Gasteiger partial charge in [0.05, 0.1) is 5.25 Å². The second-order valence-corrected chi connectivity index (χ2v) is 9.05. The molecule has 1 N–H and O–H groups in total. The number of hydrogen-bond donors (Lipinski definition) is 1. The molecule has 0 aliphatic rings. The van der Waals surface area contributed by atoms with Crippen LogP contribution in [0.3, 0.4) is 0 Å². The van der Waals surface area contributed by atoms with Crippen LogP contribution in [0.1, 0.15) is 32.3 Å². The highest BCUT2D eigenvalue weighted by molar-refractivity contribution is 8.03. The minimum Gasteiger partial charge on any atom is -0.351 e. The zero-order chi connectivity index (χ0) is 17.4. The molecule has 1 amide bonds. The van der Waals surface area contributed by atoms with Crippen LogP contribution in [-0.2, 0) is 11.3 Å². The highest BCUT2D eigenvalue weighted by Gasteiger charge is 2.17. The van der Waals surface area contributed by atoms with Gasteiger partial charge in [0.25, 0.3) is 0 Å². The van der Waals surface area contributed by atoms with Gasteiger partial charge in [0, 0.05) is 12.3 Å². The quantitative estimate of drug-likeness (QED) is 0.513. The number of nitrogens with one attached hydrogen (secondary N) is 1. The van der Waals surface area contributed by atoms with E-state index >= 15 is 0 Å². The largest absolute Gasteiger partial charge is 0.351 e. The summed E-state index contributed by atoms with van der Waals surface area (Å²) < 4.78 is 14.6. The van der Waals surface area contributed by atoms with Crippen molar-refractivity contribution in [3.8, 4) is 0 Å². The maximum atomic E-state index is 12.9. The summed E-state index contributed by atoms with van der Waals surface area (Å²) in [6.07, 6.45) is 2.33. The van der Waals surface area contributed by atoms with E-state index in [-0.39, 0.29) is 17.0 Å². The molecule has 0 saturated heterocycles. The molecule has 2 aromatic rings. The fourth-order valence-electron chi connectivity index (χ4n) is 1.75. The first-order chi connectivity index (χ1) is 11.6. The van der Waals surface area contributed by atoms with E-state index in [0.29, 0.717) is 6.54 Å². The first kappa shape index (κ1) is 19.2. The number of halogens is 1. The number of hydrogen-bond acceptors (Lipinski definition) is 6. The zero-order valence-corrected chi connectivity index (χ0v) is 16.1. The summed E-state index contributed by atoms with van der Waals surface area (Å²) in [4.78, 5) is 12.2. The molecule has 0 fully saturated rings. The first-order valence-corrected chi connectivity index (χ1v) is 10.4. The molecule has 2 rings (SSSR count). The molecule has 1 aromatic heterocycles. The van der Waals surface area contributed by atoms with Crippen LogP contribution in [0.2, 0.25) is 0 Å². The van der Waals surface area contributed by atoms with Crippen LogP contribution in [0.5, 0.6) is 0 Å². The normalized spacial score (nSPS) is 12.1. The minimum absolute atomic E-state index is 0.0697. The molecule has 4 nitrogen and oxygen atoms in total. The molecular weight excluding hydrogens is 365 g/mol. The summed E-state index contributed by atoms with van der Waals surface area (Å²) in [6.45, 7) is 4.39. The van der Waals surface area contributed by atoms with E-state index in [2.05, 4.69) is 22.4 Å². The third kappa shape index (κ3) is 6.41. The van der Waals surface area contributed by atoms with Crippen molar-refractivity contribution >= 4 is 40.8 Å². The maximum absolute atomic E-state index is 12.9. The minimum atomic E-state index is -0.280. The molecule has 24 heavy (non-hydrogen) atoms. The lowest BCUT2D eigenvalue weighted by molar-refractivity contribution is -0.120. The van der Waals surface area contributed by atoms with Crippen molar-refractivity contribution in [1.82, 2.24) is 15.5 Å². The van der Waals surface area contributed by atoms with Crippen LogP contribution in [-0.4, -0.2) is 27.1 Å². The van der Waals surface area contributed by atoms with E-state index in [1.807, 2.05) is 6.92 Å². The summed E-state index contributed by atoms with van der Waals surface area (Å²) in [7, 11) is 0. The molecule has 1 unspecified atom stereocenters. The summed E-state index contributed by atoms with van der Waals surface area (Å²) in [5, 5.41) is 10.9. The van der Waals surface area contributed by atoms with Gasteiger partial charge in [-0.1, -0.05) is 60.3 Å². The van der Waals surface area contributed by atoms with Crippen molar-refractivity contribution in [3.05, 3.63) is 35.6 Å². The van der Waals surface area contributed by atoms with Crippen LogP contribution in [0.25, 0.3) is 0 Å². The van der Waals surface area contributed by atoms with E-state index in [4.69, 9.17) is 0 Å². The van der Waals surface area contributed by atoms with Crippen molar-refractivity contribution in [2.75, 3.05) is 5.75 Å². The van der Waals surface area contributed by atoms with Crippen molar-refractivity contribution < 1.29 is 9.18 Å². The molecule has 0 saturated carbocycles. The van der Waals surface area contributed by atoms with E-state index in [9.17, 15) is 9.18 Å². The molecule has 0 spiro atoms. The van der Waals surface area contributed by atoms with Gasteiger partial charge >= 0.3 is 0 Å². The van der Waals surface area contributed by atoms with E-state index in [0.717, 1.165) is 26.4 Å². The fraction of sp³-hybridized carbons (Fsp3) is 0.438. The van der Waals surface area contributed by atoms with Gasteiger partial charge in [0.2, 0.25) is 5.91 Å². The van der Waals surface area contributed by atoms with Gasteiger partial charge in [-0.25, -0.2) is 4.39 Å². The fourth-order valence-corrected chi connectivity index (χ4v) is 5.09. The van der Waals surface area contributed by atoms with E-state index in [1.54, 1.807) is 23.9 Å². The second-order valence-electron chi connectivity index (χ2n) is 5.14. The number of unbranched alkanes of at least 4 members (excludes halogenated alkanes) is 1. The van der Waals surface area contributed by atoms with Crippen LogP contribution < -0.4 is 5.32 Å². The lowest BCUT2D eigenvalue weighted by atomic mass is 10.2. The monoisotopic (exact) mass is 385 g/mol. The number of aromatic nitrogens is 2. The summed E-state index contributed by atoms with van der Waals surface area (Å²) >= 11 is 4.65. The number of amides is 1. The predicted molar refractivity (Wildman–Crippen MR) is 99.1 cm³/mol. The average Bonchev–Trinajstić information content (AvgIpc) is 3.01. The van der Waals surface area contributed by atoms with Crippen molar-refractivity contribution in [1.29, 1.82) is 0 Å². The molecule has 0 radical (unpaired) electrons. The number of carbonyl (C=O) groups excluding carboxylic acids is 1. The number of carbonyl (C=O) groups is 1. The van der Waals surface area contributed by atoms with E-state index < -0.39 is 0 Å². The number of nitrogens with zero attached hydrogens (tertiary/aromatic N) is 2. The number of thioether (sulfide) groups is 2. The van der Waals surface area contributed by atoms with Gasteiger partial charge in [-0.2, -0.15) is 0 Å². The highest BCUT2D eigenvalue weighted by atomic mass is 32.2. The van der Waals surface area contributed by atoms with Crippen molar-refractivity contribution in [2.45, 2.75) is 47.2 Å². The Labute approximate surface area is 154 Å². The molecular formula is C16H20FN3OS3. The maximum Gasteiger partial charge on any atom is 0.233 e. The smallest absolute Gasteiger partial charge is 0.233 e. The van der Waals surface area contributed by atoms with Crippen LogP contribution >= 0.6 is 34.9 Å². The zero-order valence-electron chi connectivity index (χ0n) is 13.6. The van der Waals surface area contributed by atoms with Crippen LogP contribution in [0.4, 0.5) is 4.39 Å². The SMILES string of the molecule is CCCCSc1nnc(SC(C)C(=O)NCc2ccc(F)cc2)s1. The molecule has 1 aromatic carbocycles. The summed E-state index contributed by atoms with van der Waals surface area (Å²) in [6, 6.07) is 6.10. The van der Waals surface area contributed by atoms with Gasteiger partial charge in [-0.05, 0) is 31.0 Å². The molecule has 1 heterocycles. The van der Waals surface area contributed by atoms with Gasteiger partial charge in [-0.15, -0.1) is 10.2 Å². The Morgan fingerprint density at radius 2 is 2.00 bits per heavy atom. The molecule has 0 bridgehead atoms. The number of rotatable bonds is 9. The first-order valence-electron chi connectivity index (χ1n) is 7.73. The molecule has 1 atom stereocenters. The number of benzene rings is 1. The Balaban J connectivity index is 1.77. The van der Waals surface area contributed by atoms with E-state index in [1.165, 1.54) is 41.7 Å². The Morgan fingerprint density at radius 3 is 2.71 bits per heavy atom. The molecule has 8 heteroatoms. The Kier molecular flexibility index (Phi) is 8.01. The third-order valence-electron chi connectivity index (χ3n) is 3.14. The van der Waals surface area contributed by atoms with Crippen LogP contribution in [0.15, 0.2) is 32.9 Å². The standard InChI is InChI=1S/C16H20FN3OS3/c1-3-4-9-22-15-19-20-16(24-15)23-11(2)14(21)18-10-12-5-7-13(17)8-6-12/h5-8,11H,3-4,9-10H2,1-2H3,(H,18,21). The summed E-state index contributed by atoms with van der Waals surface area (Å²) in [5.74, 6) is 0.696. The van der Waals surface area contributed by atoms with Gasteiger partial charge in [0.15, 0.2) is 8.68 Å². The lowest BCUT2D eigenvalue weighted by Gasteiger charge is -2.10.